The standard InChI is InChI=1S/C14H21N3O2S/c1-10-5-8-20-14(10)13(18)12-11(19-4)9-15-17(12)7-6-16(2)3/h5,8-9,13,18H,6-7H2,1-4H3. The van der Waals surface area contributed by atoms with Crippen LogP contribution in [0.1, 0.15) is 22.2 Å². The van der Waals surface area contributed by atoms with E-state index in [-0.39, 0.29) is 0 Å². The van der Waals surface area contributed by atoms with E-state index in [2.05, 4.69) is 10.00 Å². The zero-order valence-corrected chi connectivity index (χ0v) is 13.1. The fraction of sp³-hybridized carbons (Fsp3) is 0.500. The van der Waals surface area contributed by atoms with Crippen molar-refractivity contribution in [2.45, 2.75) is 19.6 Å². The molecule has 2 aromatic rings. The van der Waals surface area contributed by atoms with Gasteiger partial charge in [-0.3, -0.25) is 4.68 Å². The number of aromatic nitrogens is 2. The summed E-state index contributed by atoms with van der Waals surface area (Å²) in [5, 5.41) is 17.0. The Morgan fingerprint density at radius 1 is 1.50 bits per heavy atom. The van der Waals surface area contributed by atoms with Gasteiger partial charge in [-0.05, 0) is 38.0 Å². The molecule has 0 radical (unpaired) electrons. The summed E-state index contributed by atoms with van der Waals surface area (Å²) < 4.78 is 7.16. The third-order valence-corrected chi connectivity index (χ3v) is 4.30. The molecule has 0 spiro atoms. The molecule has 0 aromatic carbocycles. The summed E-state index contributed by atoms with van der Waals surface area (Å²) in [6, 6.07) is 2.01. The Morgan fingerprint density at radius 3 is 2.80 bits per heavy atom. The minimum absolute atomic E-state index is 0.629. The molecule has 5 nitrogen and oxygen atoms in total. The molecule has 1 N–H and O–H groups in total. The van der Waals surface area contributed by atoms with E-state index in [1.165, 1.54) is 0 Å². The molecule has 2 aromatic heterocycles. The normalized spacial score (nSPS) is 12.9. The quantitative estimate of drug-likeness (QED) is 0.884. The lowest BCUT2D eigenvalue weighted by Crippen LogP contribution is -2.21. The summed E-state index contributed by atoms with van der Waals surface area (Å²) in [5.41, 5.74) is 1.81. The first kappa shape index (κ1) is 15.0. The summed E-state index contributed by atoms with van der Waals surface area (Å²) in [7, 11) is 5.63. The molecule has 6 heteroatoms. The lowest BCUT2D eigenvalue weighted by Gasteiger charge is -2.16. The van der Waals surface area contributed by atoms with Crippen LogP contribution in [0.5, 0.6) is 5.75 Å². The van der Waals surface area contributed by atoms with E-state index in [4.69, 9.17) is 4.74 Å². The van der Waals surface area contributed by atoms with Crippen LogP contribution in [0.2, 0.25) is 0 Å². The number of likely N-dealkylation sites (N-methyl/N-ethyl adjacent to an activating group) is 1. The molecular formula is C14H21N3O2S. The van der Waals surface area contributed by atoms with Crippen molar-refractivity contribution < 1.29 is 9.84 Å². The van der Waals surface area contributed by atoms with E-state index in [1.807, 2.05) is 37.1 Å². The van der Waals surface area contributed by atoms with Crippen molar-refractivity contribution in [3.05, 3.63) is 33.8 Å². The lowest BCUT2D eigenvalue weighted by atomic mass is 10.1. The number of aryl methyl sites for hydroxylation is 1. The second-order valence-corrected chi connectivity index (χ2v) is 5.94. The molecule has 20 heavy (non-hydrogen) atoms. The molecule has 1 atom stereocenters. The number of methoxy groups -OCH3 is 1. The van der Waals surface area contributed by atoms with Crippen LogP contribution < -0.4 is 4.74 Å². The number of nitrogens with zero attached hydrogens (tertiary/aromatic N) is 3. The van der Waals surface area contributed by atoms with Crippen molar-refractivity contribution in [1.29, 1.82) is 0 Å². The topological polar surface area (TPSA) is 50.5 Å². The number of aliphatic hydroxyl groups excluding tert-OH is 1. The average Bonchev–Trinajstić information content (AvgIpc) is 3.01. The van der Waals surface area contributed by atoms with Crippen LogP contribution in [0.3, 0.4) is 0 Å². The second-order valence-electron chi connectivity index (χ2n) is 5.00. The summed E-state index contributed by atoms with van der Waals surface area (Å²) >= 11 is 1.55. The van der Waals surface area contributed by atoms with Crippen molar-refractivity contribution >= 4 is 11.3 Å². The number of aliphatic hydroxyl groups is 1. The molecule has 0 aliphatic carbocycles. The molecule has 2 rings (SSSR count). The van der Waals surface area contributed by atoms with Crippen LogP contribution in [-0.4, -0.2) is 47.5 Å². The number of hydrogen-bond donors (Lipinski definition) is 1. The molecule has 0 aliphatic heterocycles. The summed E-state index contributed by atoms with van der Waals surface area (Å²) in [4.78, 5) is 3.02. The maximum absolute atomic E-state index is 10.7. The Morgan fingerprint density at radius 2 is 2.25 bits per heavy atom. The molecule has 0 fully saturated rings. The Hall–Kier alpha value is -1.37. The van der Waals surface area contributed by atoms with Crippen molar-refractivity contribution in [3.8, 4) is 5.75 Å². The second kappa shape index (κ2) is 6.39. The zero-order chi connectivity index (χ0) is 14.7. The van der Waals surface area contributed by atoms with Gasteiger partial charge in [-0.15, -0.1) is 11.3 Å². The molecule has 110 valence electrons. The third kappa shape index (κ3) is 3.03. The van der Waals surface area contributed by atoms with Gasteiger partial charge in [0.15, 0.2) is 5.75 Å². The lowest BCUT2D eigenvalue weighted by molar-refractivity contribution is 0.203. The highest BCUT2D eigenvalue weighted by atomic mass is 32.1. The molecule has 2 heterocycles. The third-order valence-electron chi connectivity index (χ3n) is 3.23. The van der Waals surface area contributed by atoms with E-state index < -0.39 is 6.10 Å². The van der Waals surface area contributed by atoms with Crippen LogP contribution >= 0.6 is 11.3 Å². The average molecular weight is 295 g/mol. The smallest absolute Gasteiger partial charge is 0.163 e. The van der Waals surface area contributed by atoms with Crippen molar-refractivity contribution in [1.82, 2.24) is 14.7 Å². The van der Waals surface area contributed by atoms with Gasteiger partial charge in [-0.1, -0.05) is 0 Å². The minimum atomic E-state index is -0.699. The van der Waals surface area contributed by atoms with E-state index in [0.29, 0.717) is 12.3 Å². The van der Waals surface area contributed by atoms with Gasteiger partial charge in [0.1, 0.15) is 11.8 Å². The van der Waals surface area contributed by atoms with Gasteiger partial charge in [0.05, 0.1) is 19.9 Å². The van der Waals surface area contributed by atoms with Crippen LogP contribution in [0.15, 0.2) is 17.6 Å². The zero-order valence-electron chi connectivity index (χ0n) is 12.3. The molecule has 0 bridgehead atoms. The van der Waals surface area contributed by atoms with Crippen molar-refractivity contribution in [3.63, 3.8) is 0 Å². The van der Waals surface area contributed by atoms with Crippen molar-refractivity contribution in [2.75, 3.05) is 27.7 Å². The van der Waals surface area contributed by atoms with Crippen LogP contribution in [0.25, 0.3) is 0 Å². The van der Waals surface area contributed by atoms with Gasteiger partial charge in [-0.2, -0.15) is 5.10 Å². The first-order valence-corrected chi connectivity index (χ1v) is 7.39. The fourth-order valence-corrected chi connectivity index (χ4v) is 2.99. The molecule has 0 aliphatic rings. The predicted octanol–water partition coefficient (Wildman–Crippen LogP) is 1.90. The SMILES string of the molecule is COc1cnn(CCN(C)C)c1C(O)c1sccc1C. The van der Waals surface area contributed by atoms with Crippen LogP contribution in [-0.2, 0) is 6.54 Å². The summed E-state index contributed by atoms with van der Waals surface area (Å²) in [6.07, 6.45) is 0.964. The summed E-state index contributed by atoms with van der Waals surface area (Å²) in [5.74, 6) is 0.629. The predicted molar refractivity (Wildman–Crippen MR) is 80.5 cm³/mol. The maximum Gasteiger partial charge on any atom is 0.163 e. The molecular weight excluding hydrogens is 274 g/mol. The highest BCUT2D eigenvalue weighted by Crippen LogP contribution is 2.34. The van der Waals surface area contributed by atoms with Gasteiger partial charge < -0.3 is 14.7 Å². The highest BCUT2D eigenvalue weighted by Gasteiger charge is 2.23. The van der Waals surface area contributed by atoms with Crippen LogP contribution in [0.4, 0.5) is 0 Å². The van der Waals surface area contributed by atoms with Gasteiger partial charge in [-0.25, -0.2) is 0 Å². The minimum Gasteiger partial charge on any atom is -0.493 e. The van der Waals surface area contributed by atoms with Crippen molar-refractivity contribution in [2.24, 2.45) is 0 Å². The highest BCUT2D eigenvalue weighted by molar-refractivity contribution is 7.10. The van der Waals surface area contributed by atoms with E-state index >= 15 is 0 Å². The number of rotatable bonds is 6. The van der Waals surface area contributed by atoms with Gasteiger partial charge >= 0.3 is 0 Å². The first-order chi connectivity index (χ1) is 9.54. The Bertz CT molecular complexity index is 563. The number of hydrogen-bond acceptors (Lipinski definition) is 5. The number of ether oxygens (including phenoxy) is 1. The fourth-order valence-electron chi connectivity index (χ4n) is 2.07. The van der Waals surface area contributed by atoms with Gasteiger partial charge in [0.2, 0.25) is 0 Å². The molecule has 0 saturated carbocycles. The maximum atomic E-state index is 10.7. The summed E-state index contributed by atoms with van der Waals surface area (Å²) in [6.45, 7) is 3.57. The molecule has 1 unspecified atom stereocenters. The first-order valence-electron chi connectivity index (χ1n) is 6.51. The molecule has 0 amide bonds. The van der Waals surface area contributed by atoms with Gasteiger partial charge in [0.25, 0.3) is 0 Å². The Labute approximate surface area is 123 Å². The van der Waals surface area contributed by atoms with E-state index in [1.54, 1.807) is 24.6 Å². The molecule has 0 saturated heterocycles. The monoisotopic (exact) mass is 295 g/mol. The largest absolute Gasteiger partial charge is 0.493 e. The van der Waals surface area contributed by atoms with Gasteiger partial charge in [0, 0.05) is 11.4 Å². The number of thiophene rings is 1. The Kier molecular flexibility index (Phi) is 4.80. The van der Waals surface area contributed by atoms with E-state index in [9.17, 15) is 5.11 Å². The van der Waals surface area contributed by atoms with Crippen LogP contribution in [0, 0.1) is 6.92 Å². The van der Waals surface area contributed by atoms with E-state index in [0.717, 1.165) is 22.7 Å². The Balaban J connectivity index is 2.33.